The van der Waals surface area contributed by atoms with Gasteiger partial charge in [-0.15, -0.1) is 0 Å². The number of benzene rings is 1. The van der Waals surface area contributed by atoms with Gasteiger partial charge in [-0.1, -0.05) is 12.1 Å². The standard InChI is InChI=1S/C16H23N5O3/c1-20(2)10-13(22)11-21-9-12(8-17-21)18-16(23)19-14-6-4-5-7-15(14)24-3/h4-9,13,22H,10-11H2,1-3H3,(H2,18,19,23). The van der Waals surface area contributed by atoms with E-state index in [0.717, 1.165) is 0 Å². The summed E-state index contributed by atoms with van der Waals surface area (Å²) in [6.07, 6.45) is 2.67. The molecule has 24 heavy (non-hydrogen) atoms. The Hall–Kier alpha value is -2.58. The fraction of sp³-hybridized carbons (Fsp3) is 0.375. The van der Waals surface area contributed by atoms with Crippen LogP contribution in [-0.2, 0) is 6.54 Å². The Kier molecular flexibility index (Phi) is 6.16. The van der Waals surface area contributed by atoms with Crippen LogP contribution in [0.4, 0.5) is 16.2 Å². The normalized spacial score (nSPS) is 12.0. The van der Waals surface area contributed by atoms with Gasteiger partial charge in [-0.2, -0.15) is 5.10 Å². The first-order valence-electron chi connectivity index (χ1n) is 7.54. The van der Waals surface area contributed by atoms with Gasteiger partial charge in [-0.25, -0.2) is 4.79 Å². The Morgan fingerprint density at radius 1 is 1.38 bits per heavy atom. The number of ether oxygens (including phenoxy) is 1. The summed E-state index contributed by atoms with van der Waals surface area (Å²) >= 11 is 0. The minimum absolute atomic E-state index is 0.355. The van der Waals surface area contributed by atoms with Crippen LogP contribution in [0.15, 0.2) is 36.7 Å². The molecule has 0 aliphatic carbocycles. The van der Waals surface area contributed by atoms with Crippen molar-refractivity contribution in [2.24, 2.45) is 0 Å². The van der Waals surface area contributed by atoms with E-state index in [1.807, 2.05) is 31.1 Å². The number of likely N-dealkylation sites (N-methyl/N-ethyl adjacent to an activating group) is 1. The van der Waals surface area contributed by atoms with Gasteiger partial charge < -0.3 is 25.4 Å². The molecule has 0 saturated carbocycles. The van der Waals surface area contributed by atoms with Gasteiger partial charge in [0.25, 0.3) is 0 Å². The van der Waals surface area contributed by atoms with Crippen LogP contribution < -0.4 is 15.4 Å². The van der Waals surface area contributed by atoms with Gasteiger partial charge in [-0.3, -0.25) is 4.68 Å². The van der Waals surface area contributed by atoms with E-state index in [1.165, 1.54) is 6.20 Å². The van der Waals surface area contributed by atoms with Crippen LogP contribution in [0.5, 0.6) is 5.75 Å². The summed E-state index contributed by atoms with van der Waals surface area (Å²) in [5, 5.41) is 19.4. The smallest absolute Gasteiger partial charge is 0.323 e. The van der Waals surface area contributed by atoms with Gasteiger partial charge in [0.15, 0.2) is 0 Å². The lowest BCUT2D eigenvalue weighted by Gasteiger charge is -2.15. The summed E-state index contributed by atoms with van der Waals surface area (Å²) in [7, 11) is 5.32. The number of amides is 2. The number of nitrogens with one attached hydrogen (secondary N) is 2. The van der Waals surface area contributed by atoms with Crippen LogP contribution in [0.2, 0.25) is 0 Å². The second kappa shape index (κ2) is 8.32. The highest BCUT2D eigenvalue weighted by molar-refractivity contribution is 6.00. The van der Waals surface area contributed by atoms with E-state index in [0.29, 0.717) is 30.2 Å². The molecule has 8 heteroatoms. The maximum absolute atomic E-state index is 12.1. The molecule has 0 spiro atoms. The van der Waals surface area contributed by atoms with Gasteiger partial charge in [0.1, 0.15) is 5.75 Å². The molecule has 0 radical (unpaired) electrons. The molecule has 0 bridgehead atoms. The average Bonchev–Trinajstić information content (AvgIpc) is 2.93. The molecular formula is C16H23N5O3. The molecule has 0 fully saturated rings. The fourth-order valence-corrected chi connectivity index (χ4v) is 2.26. The van der Waals surface area contributed by atoms with Crippen molar-refractivity contribution in [3.05, 3.63) is 36.7 Å². The van der Waals surface area contributed by atoms with Gasteiger partial charge in [0.2, 0.25) is 0 Å². The maximum Gasteiger partial charge on any atom is 0.323 e. The number of nitrogens with zero attached hydrogens (tertiary/aromatic N) is 3. The second-order valence-corrected chi connectivity index (χ2v) is 5.65. The zero-order chi connectivity index (χ0) is 17.5. The lowest BCUT2D eigenvalue weighted by Crippen LogP contribution is -2.29. The SMILES string of the molecule is COc1ccccc1NC(=O)Nc1cnn(CC(O)CN(C)C)c1. The lowest BCUT2D eigenvalue weighted by molar-refractivity contribution is 0.116. The monoisotopic (exact) mass is 333 g/mol. The molecule has 8 nitrogen and oxygen atoms in total. The molecule has 3 N–H and O–H groups in total. The molecule has 0 saturated heterocycles. The number of aromatic nitrogens is 2. The Labute approximate surface area is 141 Å². The van der Waals surface area contributed by atoms with E-state index in [1.54, 1.807) is 30.1 Å². The third-order valence-electron chi connectivity index (χ3n) is 3.22. The topological polar surface area (TPSA) is 91.7 Å². The summed E-state index contributed by atoms with van der Waals surface area (Å²) < 4.78 is 6.78. The Morgan fingerprint density at radius 3 is 2.83 bits per heavy atom. The van der Waals surface area contributed by atoms with Crippen molar-refractivity contribution >= 4 is 17.4 Å². The molecule has 1 aromatic heterocycles. The molecule has 1 aromatic carbocycles. The highest BCUT2D eigenvalue weighted by Crippen LogP contribution is 2.23. The molecule has 2 aromatic rings. The highest BCUT2D eigenvalue weighted by atomic mass is 16.5. The predicted octanol–water partition coefficient (Wildman–Crippen LogP) is 1.46. The molecule has 2 amide bonds. The lowest BCUT2D eigenvalue weighted by atomic mass is 10.3. The summed E-state index contributed by atoms with van der Waals surface area (Å²) in [4.78, 5) is 14.0. The van der Waals surface area contributed by atoms with E-state index in [9.17, 15) is 9.90 Å². The van der Waals surface area contributed by atoms with Crippen molar-refractivity contribution in [3.8, 4) is 5.75 Å². The number of urea groups is 1. The molecule has 0 aliphatic heterocycles. The quantitative estimate of drug-likeness (QED) is 0.713. The Balaban J connectivity index is 1.91. The first kappa shape index (κ1) is 17.8. The van der Waals surface area contributed by atoms with Gasteiger partial charge in [-0.05, 0) is 26.2 Å². The third-order valence-corrected chi connectivity index (χ3v) is 3.22. The second-order valence-electron chi connectivity index (χ2n) is 5.65. The number of carbonyl (C=O) groups is 1. The molecule has 1 heterocycles. The number of aliphatic hydroxyl groups is 1. The zero-order valence-electron chi connectivity index (χ0n) is 14.1. The van der Waals surface area contributed by atoms with E-state index >= 15 is 0 Å². The van der Waals surface area contributed by atoms with Gasteiger partial charge >= 0.3 is 6.03 Å². The zero-order valence-corrected chi connectivity index (χ0v) is 14.1. The van der Waals surface area contributed by atoms with E-state index in [2.05, 4.69) is 15.7 Å². The van der Waals surface area contributed by atoms with Crippen LogP contribution in [0, 0.1) is 0 Å². The molecule has 0 aliphatic rings. The molecule has 2 rings (SSSR count). The van der Waals surface area contributed by atoms with Gasteiger partial charge in [0, 0.05) is 12.7 Å². The van der Waals surface area contributed by atoms with Crippen molar-refractivity contribution in [1.82, 2.24) is 14.7 Å². The van der Waals surface area contributed by atoms with Crippen molar-refractivity contribution in [2.45, 2.75) is 12.6 Å². The Bertz CT molecular complexity index is 671. The van der Waals surface area contributed by atoms with E-state index in [-0.39, 0.29) is 0 Å². The number of aliphatic hydroxyl groups excluding tert-OH is 1. The van der Waals surface area contributed by atoms with Crippen LogP contribution in [0.25, 0.3) is 0 Å². The van der Waals surface area contributed by atoms with Gasteiger partial charge in [0.05, 0.1) is 37.3 Å². The van der Waals surface area contributed by atoms with E-state index in [4.69, 9.17) is 4.74 Å². The van der Waals surface area contributed by atoms with Crippen LogP contribution >= 0.6 is 0 Å². The van der Waals surface area contributed by atoms with E-state index < -0.39 is 12.1 Å². The highest BCUT2D eigenvalue weighted by Gasteiger charge is 2.10. The first-order chi connectivity index (χ1) is 11.5. The summed E-state index contributed by atoms with van der Waals surface area (Å²) in [5.41, 5.74) is 1.12. The summed E-state index contributed by atoms with van der Waals surface area (Å²) in [6, 6.07) is 6.75. The number of carbonyl (C=O) groups excluding carboxylic acids is 1. The number of hydrogen-bond acceptors (Lipinski definition) is 5. The van der Waals surface area contributed by atoms with Crippen molar-refractivity contribution in [2.75, 3.05) is 38.4 Å². The average molecular weight is 333 g/mol. The van der Waals surface area contributed by atoms with Crippen molar-refractivity contribution in [3.63, 3.8) is 0 Å². The largest absolute Gasteiger partial charge is 0.495 e. The summed E-state index contributed by atoms with van der Waals surface area (Å²) in [6.45, 7) is 0.894. The van der Waals surface area contributed by atoms with Crippen LogP contribution in [0.3, 0.4) is 0 Å². The van der Waals surface area contributed by atoms with Crippen molar-refractivity contribution < 1.29 is 14.6 Å². The molecular weight excluding hydrogens is 310 g/mol. The number of anilines is 2. The van der Waals surface area contributed by atoms with Crippen LogP contribution in [-0.4, -0.2) is 59.7 Å². The predicted molar refractivity (Wildman–Crippen MR) is 92.4 cm³/mol. The third kappa shape index (κ3) is 5.25. The maximum atomic E-state index is 12.1. The number of para-hydroxylation sites is 2. The molecule has 130 valence electrons. The minimum atomic E-state index is -0.532. The summed E-state index contributed by atoms with van der Waals surface area (Å²) in [5.74, 6) is 0.579. The minimum Gasteiger partial charge on any atom is -0.495 e. The number of rotatable bonds is 7. The van der Waals surface area contributed by atoms with Crippen molar-refractivity contribution in [1.29, 1.82) is 0 Å². The molecule has 1 unspecified atom stereocenters. The first-order valence-corrected chi connectivity index (χ1v) is 7.54. The van der Waals surface area contributed by atoms with Crippen LogP contribution in [0.1, 0.15) is 0 Å². The number of methoxy groups -OCH3 is 1. The molecule has 1 atom stereocenters. The Morgan fingerprint density at radius 2 is 2.12 bits per heavy atom. The fourth-order valence-electron chi connectivity index (χ4n) is 2.26. The number of hydrogen-bond donors (Lipinski definition) is 3.